The van der Waals surface area contributed by atoms with E-state index in [-0.39, 0.29) is 11.3 Å². The minimum atomic E-state index is -0.565. The highest BCUT2D eigenvalue weighted by molar-refractivity contribution is 6.06. The minimum absolute atomic E-state index is 0.0119. The zero-order valence-electron chi connectivity index (χ0n) is 11.6. The van der Waals surface area contributed by atoms with E-state index in [1.165, 1.54) is 38.5 Å². The number of carbonyl (C=O) groups excluding carboxylic acids is 1. The van der Waals surface area contributed by atoms with Gasteiger partial charge in [-0.1, -0.05) is 0 Å². The number of hydrogen-bond acceptors (Lipinski definition) is 4. The van der Waals surface area contributed by atoms with Gasteiger partial charge in [-0.2, -0.15) is 0 Å². The Morgan fingerprint density at radius 3 is 2.57 bits per heavy atom. The fourth-order valence-electron chi connectivity index (χ4n) is 1.81. The average molecular weight is 290 g/mol. The van der Waals surface area contributed by atoms with Crippen LogP contribution in [0.15, 0.2) is 36.4 Å². The molecule has 0 aliphatic heterocycles. The summed E-state index contributed by atoms with van der Waals surface area (Å²) >= 11 is 0. The van der Waals surface area contributed by atoms with Crippen molar-refractivity contribution in [2.24, 2.45) is 0 Å². The summed E-state index contributed by atoms with van der Waals surface area (Å²) in [5, 5.41) is 2.46. The summed E-state index contributed by atoms with van der Waals surface area (Å²) < 4.78 is 23.8. The number of anilines is 2. The second-order valence-corrected chi connectivity index (χ2v) is 4.26. The molecule has 0 spiro atoms. The Hall–Kier alpha value is -2.76. The van der Waals surface area contributed by atoms with Crippen LogP contribution in [-0.2, 0) is 0 Å². The first-order chi connectivity index (χ1) is 10.0. The van der Waals surface area contributed by atoms with Crippen LogP contribution in [0, 0.1) is 5.82 Å². The maximum Gasteiger partial charge on any atom is 0.259 e. The Balaban J connectivity index is 2.30. The molecule has 0 saturated heterocycles. The summed E-state index contributed by atoms with van der Waals surface area (Å²) in [6.07, 6.45) is 0. The van der Waals surface area contributed by atoms with E-state index in [1.807, 2.05) is 0 Å². The van der Waals surface area contributed by atoms with Gasteiger partial charge in [-0.05, 0) is 30.3 Å². The summed E-state index contributed by atoms with van der Waals surface area (Å²) in [6, 6.07) is 8.69. The van der Waals surface area contributed by atoms with Gasteiger partial charge in [-0.3, -0.25) is 4.79 Å². The first-order valence-electron chi connectivity index (χ1n) is 6.13. The van der Waals surface area contributed by atoms with Crippen molar-refractivity contribution < 1.29 is 18.7 Å². The van der Waals surface area contributed by atoms with Crippen LogP contribution in [0.3, 0.4) is 0 Å². The molecule has 2 aromatic rings. The maximum absolute atomic E-state index is 13.6. The number of nitrogens with one attached hydrogen (secondary N) is 1. The van der Waals surface area contributed by atoms with Gasteiger partial charge in [0.2, 0.25) is 0 Å². The van der Waals surface area contributed by atoms with Gasteiger partial charge in [0.05, 0.1) is 25.5 Å². The van der Waals surface area contributed by atoms with Crippen LogP contribution in [0.1, 0.15) is 10.4 Å². The molecule has 0 fully saturated rings. The van der Waals surface area contributed by atoms with Crippen molar-refractivity contribution in [2.45, 2.75) is 0 Å². The fourth-order valence-corrected chi connectivity index (χ4v) is 1.81. The molecule has 0 saturated carbocycles. The quantitative estimate of drug-likeness (QED) is 0.849. The lowest BCUT2D eigenvalue weighted by Gasteiger charge is -2.11. The van der Waals surface area contributed by atoms with E-state index in [9.17, 15) is 9.18 Å². The van der Waals surface area contributed by atoms with Crippen LogP contribution < -0.4 is 20.5 Å². The lowest BCUT2D eigenvalue weighted by atomic mass is 10.1. The van der Waals surface area contributed by atoms with Crippen LogP contribution >= 0.6 is 0 Å². The number of carbonyl (C=O) groups is 1. The van der Waals surface area contributed by atoms with Crippen LogP contribution in [0.2, 0.25) is 0 Å². The molecular weight excluding hydrogens is 275 g/mol. The van der Waals surface area contributed by atoms with Gasteiger partial charge < -0.3 is 20.5 Å². The van der Waals surface area contributed by atoms with Gasteiger partial charge in [0.1, 0.15) is 17.3 Å². The number of nitrogen functional groups attached to an aromatic ring is 1. The predicted octanol–water partition coefficient (Wildman–Crippen LogP) is 2.68. The number of rotatable bonds is 4. The first-order valence-corrected chi connectivity index (χ1v) is 6.13. The molecule has 0 unspecified atom stereocenters. The Kier molecular flexibility index (Phi) is 4.27. The Morgan fingerprint density at radius 2 is 1.90 bits per heavy atom. The number of amides is 1. The molecule has 0 aromatic heterocycles. The Bertz CT molecular complexity index is 674. The molecule has 0 heterocycles. The third kappa shape index (κ3) is 3.22. The smallest absolute Gasteiger partial charge is 0.259 e. The van der Waals surface area contributed by atoms with E-state index >= 15 is 0 Å². The standard InChI is InChI=1S/C15H15FN2O3/c1-20-10-4-5-11(14(8-10)21-2)15(19)18-13-7-9(17)3-6-12(13)16/h3-8H,17H2,1-2H3,(H,18,19). The normalized spacial score (nSPS) is 10.0. The molecule has 0 radical (unpaired) electrons. The molecule has 21 heavy (non-hydrogen) atoms. The number of hydrogen-bond donors (Lipinski definition) is 2. The largest absolute Gasteiger partial charge is 0.497 e. The van der Waals surface area contributed by atoms with E-state index in [2.05, 4.69) is 5.32 Å². The molecule has 0 aliphatic carbocycles. The second-order valence-electron chi connectivity index (χ2n) is 4.26. The predicted molar refractivity (Wildman–Crippen MR) is 78.3 cm³/mol. The zero-order valence-corrected chi connectivity index (χ0v) is 11.6. The molecule has 6 heteroatoms. The summed E-state index contributed by atoms with van der Waals surface area (Å²) in [5.41, 5.74) is 6.21. The average Bonchev–Trinajstić information content (AvgIpc) is 2.50. The van der Waals surface area contributed by atoms with Crippen molar-refractivity contribution >= 4 is 17.3 Å². The summed E-state index contributed by atoms with van der Waals surface area (Å²) in [6.45, 7) is 0. The van der Waals surface area contributed by atoms with E-state index in [1.54, 1.807) is 12.1 Å². The van der Waals surface area contributed by atoms with Gasteiger partial charge in [-0.25, -0.2) is 4.39 Å². The van der Waals surface area contributed by atoms with Crippen molar-refractivity contribution in [2.75, 3.05) is 25.3 Å². The number of methoxy groups -OCH3 is 2. The van der Waals surface area contributed by atoms with Crippen molar-refractivity contribution in [1.82, 2.24) is 0 Å². The van der Waals surface area contributed by atoms with Crippen molar-refractivity contribution in [3.05, 3.63) is 47.8 Å². The molecule has 2 rings (SSSR count). The minimum Gasteiger partial charge on any atom is -0.497 e. The molecule has 5 nitrogen and oxygen atoms in total. The third-order valence-electron chi connectivity index (χ3n) is 2.89. The van der Waals surface area contributed by atoms with Gasteiger partial charge in [-0.15, -0.1) is 0 Å². The highest BCUT2D eigenvalue weighted by atomic mass is 19.1. The molecule has 110 valence electrons. The Labute approximate surface area is 121 Å². The summed E-state index contributed by atoms with van der Waals surface area (Å²) in [7, 11) is 2.95. The van der Waals surface area contributed by atoms with Crippen molar-refractivity contribution in [3.8, 4) is 11.5 Å². The molecule has 0 bridgehead atoms. The number of benzene rings is 2. The lowest BCUT2D eigenvalue weighted by Crippen LogP contribution is -2.14. The number of ether oxygens (including phenoxy) is 2. The molecule has 2 aromatic carbocycles. The van der Waals surface area contributed by atoms with Crippen LogP contribution in [0.5, 0.6) is 11.5 Å². The monoisotopic (exact) mass is 290 g/mol. The second kappa shape index (κ2) is 6.13. The molecule has 3 N–H and O–H groups in total. The van der Waals surface area contributed by atoms with Crippen LogP contribution in [0.4, 0.5) is 15.8 Å². The van der Waals surface area contributed by atoms with Gasteiger partial charge in [0.25, 0.3) is 5.91 Å². The SMILES string of the molecule is COc1ccc(C(=O)Nc2cc(N)ccc2F)c(OC)c1. The summed E-state index contributed by atoms with van der Waals surface area (Å²) in [5.74, 6) is -0.182. The van der Waals surface area contributed by atoms with Crippen LogP contribution in [0.25, 0.3) is 0 Å². The van der Waals surface area contributed by atoms with Gasteiger partial charge >= 0.3 is 0 Å². The maximum atomic E-state index is 13.6. The number of nitrogens with two attached hydrogens (primary N) is 1. The lowest BCUT2D eigenvalue weighted by molar-refractivity contribution is 0.102. The van der Waals surface area contributed by atoms with Gasteiger partial charge in [0, 0.05) is 11.8 Å². The van der Waals surface area contributed by atoms with Gasteiger partial charge in [0.15, 0.2) is 0 Å². The zero-order chi connectivity index (χ0) is 15.4. The van der Waals surface area contributed by atoms with E-state index in [0.29, 0.717) is 17.2 Å². The fraction of sp³-hybridized carbons (Fsp3) is 0.133. The molecular formula is C15H15FN2O3. The Morgan fingerprint density at radius 1 is 1.14 bits per heavy atom. The third-order valence-corrected chi connectivity index (χ3v) is 2.89. The van der Waals surface area contributed by atoms with Crippen LogP contribution in [-0.4, -0.2) is 20.1 Å². The summed E-state index contributed by atoms with van der Waals surface area (Å²) in [4.78, 5) is 12.2. The first kappa shape index (κ1) is 14.6. The van der Waals surface area contributed by atoms with Crippen molar-refractivity contribution in [1.29, 1.82) is 0 Å². The molecule has 0 aliphatic rings. The molecule has 0 atom stereocenters. The van der Waals surface area contributed by atoms with E-state index < -0.39 is 11.7 Å². The highest BCUT2D eigenvalue weighted by Gasteiger charge is 2.15. The molecule has 1 amide bonds. The van der Waals surface area contributed by atoms with E-state index in [4.69, 9.17) is 15.2 Å². The van der Waals surface area contributed by atoms with Crippen molar-refractivity contribution in [3.63, 3.8) is 0 Å². The van der Waals surface area contributed by atoms with E-state index in [0.717, 1.165) is 0 Å². The topological polar surface area (TPSA) is 73.6 Å². The number of halogens is 1. The highest BCUT2D eigenvalue weighted by Crippen LogP contribution is 2.26.